The van der Waals surface area contributed by atoms with Gasteiger partial charge in [0.25, 0.3) is 11.8 Å². The van der Waals surface area contributed by atoms with Gasteiger partial charge in [-0.3, -0.25) is 9.59 Å². The van der Waals surface area contributed by atoms with Crippen molar-refractivity contribution in [2.45, 2.75) is 19.9 Å². The van der Waals surface area contributed by atoms with Gasteiger partial charge >= 0.3 is 0 Å². The van der Waals surface area contributed by atoms with Gasteiger partial charge in [-0.05, 0) is 74.0 Å². The number of carbonyl (C=O) groups is 2. The predicted molar refractivity (Wildman–Crippen MR) is 152 cm³/mol. The van der Waals surface area contributed by atoms with Crippen LogP contribution in [0.4, 0.5) is 5.69 Å². The molecule has 1 atom stereocenters. The molecule has 0 aliphatic carbocycles. The summed E-state index contributed by atoms with van der Waals surface area (Å²) in [4.78, 5) is 32.2. The Kier molecular flexibility index (Phi) is 8.11. The molecule has 1 aromatic heterocycles. The fourth-order valence-corrected chi connectivity index (χ4v) is 4.79. The minimum absolute atomic E-state index is 0.0586. The molecule has 2 heterocycles. The van der Waals surface area contributed by atoms with Crippen LogP contribution in [0.25, 0.3) is 11.1 Å². The standard InChI is InChI=1S/C30H39N5O3/c1-20-8-9-25(35-12-10-33(5)11-13-35)18-27(20)29(36)31-21(2)22-14-23(16-26(15-22)38-7)24-17-28(34(6)19-24)30(37)32(3)4/h8-9,14-19,21H,10-13H2,1-7H3,(H,31,36)/t21-/m1/s1. The van der Waals surface area contributed by atoms with Crippen LogP contribution >= 0.6 is 0 Å². The zero-order valence-corrected chi connectivity index (χ0v) is 23.5. The Morgan fingerprint density at radius 3 is 2.34 bits per heavy atom. The first-order valence-electron chi connectivity index (χ1n) is 13.0. The molecule has 38 heavy (non-hydrogen) atoms. The van der Waals surface area contributed by atoms with Gasteiger partial charge in [0.2, 0.25) is 0 Å². The number of aryl methyl sites for hydroxylation is 2. The van der Waals surface area contributed by atoms with E-state index in [1.54, 1.807) is 26.1 Å². The highest BCUT2D eigenvalue weighted by molar-refractivity contribution is 5.97. The number of nitrogens with zero attached hydrogens (tertiary/aromatic N) is 4. The summed E-state index contributed by atoms with van der Waals surface area (Å²) in [5.41, 5.74) is 6.07. The second-order valence-corrected chi connectivity index (χ2v) is 10.4. The summed E-state index contributed by atoms with van der Waals surface area (Å²) in [6, 6.07) is 13.7. The second kappa shape index (κ2) is 11.3. The highest BCUT2D eigenvalue weighted by Gasteiger charge is 2.20. The predicted octanol–water partition coefficient (Wildman–Crippen LogP) is 3.95. The third-order valence-corrected chi connectivity index (χ3v) is 7.31. The molecule has 3 aromatic rings. The number of hydrogen-bond acceptors (Lipinski definition) is 5. The van der Waals surface area contributed by atoms with Crippen molar-refractivity contribution in [2.24, 2.45) is 7.05 Å². The van der Waals surface area contributed by atoms with Crippen molar-refractivity contribution < 1.29 is 14.3 Å². The van der Waals surface area contributed by atoms with E-state index in [2.05, 4.69) is 28.2 Å². The maximum absolute atomic E-state index is 13.4. The second-order valence-electron chi connectivity index (χ2n) is 10.4. The molecular formula is C30H39N5O3. The summed E-state index contributed by atoms with van der Waals surface area (Å²) in [5, 5.41) is 3.18. The molecule has 2 aromatic carbocycles. The SMILES string of the molecule is COc1cc(-c2cc(C(=O)N(C)C)n(C)c2)cc([C@@H](C)NC(=O)c2cc(N3CCN(C)CC3)ccc2C)c1. The van der Waals surface area contributed by atoms with Crippen molar-refractivity contribution in [3.63, 3.8) is 0 Å². The summed E-state index contributed by atoms with van der Waals surface area (Å²) in [6.07, 6.45) is 1.94. The highest BCUT2D eigenvalue weighted by atomic mass is 16.5. The van der Waals surface area contributed by atoms with Crippen LogP contribution in [0.1, 0.15) is 44.9 Å². The third-order valence-electron chi connectivity index (χ3n) is 7.31. The first-order valence-corrected chi connectivity index (χ1v) is 13.0. The highest BCUT2D eigenvalue weighted by Crippen LogP contribution is 2.31. The molecule has 0 bridgehead atoms. The number of nitrogens with one attached hydrogen (secondary N) is 1. The van der Waals surface area contributed by atoms with E-state index in [0.717, 1.165) is 54.1 Å². The lowest BCUT2D eigenvalue weighted by molar-refractivity contribution is 0.0818. The van der Waals surface area contributed by atoms with E-state index in [0.29, 0.717) is 17.0 Å². The van der Waals surface area contributed by atoms with Gasteiger partial charge in [-0.25, -0.2) is 0 Å². The number of hydrogen-bond donors (Lipinski definition) is 1. The van der Waals surface area contributed by atoms with Gasteiger partial charge in [0.15, 0.2) is 0 Å². The van der Waals surface area contributed by atoms with Gasteiger partial charge < -0.3 is 29.3 Å². The van der Waals surface area contributed by atoms with E-state index in [9.17, 15) is 9.59 Å². The molecule has 2 amide bonds. The van der Waals surface area contributed by atoms with Gasteiger partial charge in [0.05, 0.1) is 13.2 Å². The van der Waals surface area contributed by atoms with Crippen LogP contribution in [0.3, 0.4) is 0 Å². The van der Waals surface area contributed by atoms with Crippen molar-refractivity contribution in [3.05, 3.63) is 71.0 Å². The number of likely N-dealkylation sites (N-methyl/N-ethyl adjacent to an activating group) is 1. The summed E-state index contributed by atoms with van der Waals surface area (Å²) in [6.45, 7) is 7.87. The molecule has 0 unspecified atom stereocenters. The number of aromatic nitrogens is 1. The molecule has 0 radical (unpaired) electrons. The largest absolute Gasteiger partial charge is 0.497 e. The molecule has 1 aliphatic rings. The average molecular weight is 518 g/mol. The summed E-state index contributed by atoms with van der Waals surface area (Å²) in [5.74, 6) is 0.529. The number of anilines is 1. The Bertz CT molecular complexity index is 1320. The van der Waals surface area contributed by atoms with Crippen LogP contribution in [0.2, 0.25) is 0 Å². The van der Waals surface area contributed by atoms with Crippen LogP contribution in [-0.4, -0.2) is 80.6 Å². The molecule has 1 aliphatic heterocycles. The third kappa shape index (κ3) is 5.86. The number of rotatable bonds is 7. The summed E-state index contributed by atoms with van der Waals surface area (Å²) < 4.78 is 7.42. The fraction of sp³-hybridized carbons (Fsp3) is 0.400. The lowest BCUT2D eigenvalue weighted by atomic mass is 10.00. The number of carbonyl (C=O) groups excluding carboxylic acids is 2. The normalized spacial score (nSPS) is 14.8. The van der Waals surface area contributed by atoms with Gasteiger partial charge in [-0.15, -0.1) is 0 Å². The van der Waals surface area contributed by atoms with E-state index in [4.69, 9.17) is 4.74 Å². The molecular weight excluding hydrogens is 478 g/mol. The van der Waals surface area contributed by atoms with Crippen LogP contribution in [-0.2, 0) is 7.05 Å². The molecule has 4 rings (SSSR count). The number of methoxy groups -OCH3 is 1. The van der Waals surface area contributed by atoms with E-state index >= 15 is 0 Å². The quantitative estimate of drug-likeness (QED) is 0.514. The lowest BCUT2D eigenvalue weighted by Gasteiger charge is -2.34. The maximum Gasteiger partial charge on any atom is 0.269 e. The number of amides is 2. The first kappa shape index (κ1) is 27.3. The molecule has 1 fully saturated rings. The summed E-state index contributed by atoms with van der Waals surface area (Å²) >= 11 is 0. The molecule has 1 saturated heterocycles. The Morgan fingerprint density at radius 1 is 0.974 bits per heavy atom. The van der Waals surface area contributed by atoms with Crippen molar-refractivity contribution in [3.8, 4) is 16.9 Å². The minimum atomic E-state index is -0.255. The molecule has 202 valence electrons. The zero-order valence-electron chi connectivity index (χ0n) is 23.5. The number of ether oxygens (including phenoxy) is 1. The lowest BCUT2D eigenvalue weighted by Crippen LogP contribution is -2.44. The van der Waals surface area contributed by atoms with Gasteiger partial charge in [0.1, 0.15) is 11.4 Å². The van der Waals surface area contributed by atoms with Crippen molar-refractivity contribution in [1.82, 2.24) is 19.7 Å². The van der Waals surface area contributed by atoms with Crippen LogP contribution in [0.5, 0.6) is 5.75 Å². The van der Waals surface area contributed by atoms with E-state index < -0.39 is 0 Å². The molecule has 0 saturated carbocycles. The fourth-order valence-electron chi connectivity index (χ4n) is 4.79. The molecule has 1 N–H and O–H groups in total. The van der Waals surface area contributed by atoms with Gasteiger partial charge in [0, 0.05) is 70.3 Å². The minimum Gasteiger partial charge on any atom is -0.497 e. The van der Waals surface area contributed by atoms with Crippen molar-refractivity contribution in [2.75, 3.05) is 59.3 Å². The topological polar surface area (TPSA) is 70.0 Å². The molecule has 8 heteroatoms. The zero-order chi connectivity index (χ0) is 27.6. The van der Waals surface area contributed by atoms with Crippen molar-refractivity contribution >= 4 is 17.5 Å². The smallest absolute Gasteiger partial charge is 0.269 e. The van der Waals surface area contributed by atoms with E-state index in [1.807, 2.05) is 68.1 Å². The van der Waals surface area contributed by atoms with Gasteiger partial charge in [-0.1, -0.05) is 6.07 Å². The summed E-state index contributed by atoms with van der Waals surface area (Å²) in [7, 11) is 9.11. The Labute approximate surface area is 225 Å². The van der Waals surface area contributed by atoms with E-state index in [-0.39, 0.29) is 17.9 Å². The Morgan fingerprint density at radius 2 is 1.68 bits per heavy atom. The molecule has 8 nitrogen and oxygen atoms in total. The van der Waals surface area contributed by atoms with Crippen LogP contribution < -0.4 is 15.0 Å². The maximum atomic E-state index is 13.4. The van der Waals surface area contributed by atoms with E-state index in [1.165, 1.54) is 0 Å². The van der Waals surface area contributed by atoms with Crippen LogP contribution in [0, 0.1) is 6.92 Å². The monoisotopic (exact) mass is 517 g/mol. The molecule has 0 spiro atoms. The Balaban J connectivity index is 1.57. The average Bonchev–Trinajstić information content (AvgIpc) is 3.29. The first-order chi connectivity index (χ1) is 18.1. The number of piperazine rings is 1. The van der Waals surface area contributed by atoms with Crippen molar-refractivity contribution in [1.29, 1.82) is 0 Å². The number of benzene rings is 2. The Hall–Kier alpha value is -3.78. The van der Waals surface area contributed by atoms with Gasteiger partial charge in [-0.2, -0.15) is 0 Å². The van der Waals surface area contributed by atoms with Crippen LogP contribution in [0.15, 0.2) is 48.7 Å².